The maximum atomic E-state index is 12.5. The number of anilines is 1. The molecule has 5 rings (SSSR count). The van der Waals surface area contributed by atoms with Crippen LogP contribution in [0.4, 0.5) is 5.69 Å². The number of hydrogen-bond donors (Lipinski definition) is 2. The third kappa shape index (κ3) is 7.21. The number of thiocarbonyl (C=S) groups is 1. The minimum Gasteiger partial charge on any atom is -0.457 e. The number of aromatic nitrogens is 3. The highest BCUT2D eigenvalue weighted by atomic mass is 35.5. The van der Waals surface area contributed by atoms with E-state index in [0.717, 1.165) is 34.4 Å². The summed E-state index contributed by atoms with van der Waals surface area (Å²) in [7, 11) is 0. The monoisotopic (exact) mass is 603 g/mol. The number of hydrogen-bond acceptors (Lipinski definition) is 5. The number of aryl methyl sites for hydroxylation is 2. The van der Waals surface area contributed by atoms with Crippen molar-refractivity contribution in [2.45, 2.75) is 33.1 Å². The van der Waals surface area contributed by atoms with Gasteiger partial charge in [0.1, 0.15) is 22.6 Å². The first kappa shape index (κ1) is 28.5. The summed E-state index contributed by atoms with van der Waals surface area (Å²) in [5.41, 5.74) is 6.04. The second-order valence-electron chi connectivity index (χ2n) is 9.55. The van der Waals surface area contributed by atoms with E-state index in [-0.39, 0.29) is 5.11 Å². The Morgan fingerprint density at radius 3 is 2.41 bits per heavy atom. The number of furan rings is 1. The van der Waals surface area contributed by atoms with Gasteiger partial charge < -0.3 is 9.73 Å². The second-order valence-corrected chi connectivity index (χ2v) is 10.8. The molecule has 5 aromatic rings. The van der Waals surface area contributed by atoms with Crippen molar-refractivity contribution < 1.29 is 9.21 Å². The highest BCUT2D eigenvalue weighted by Gasteiger charge is 2.11. The van der Waals surface area contributed by atoms with Gasteiger partial charge in [-0.05, 0) is 104 Å². The van der Waals surface area contributed by atoms with Crippen molar-refractivity contribution in [1.82, 2.24) is 20.3 Å². The average Bonchev–Trinajstić information content (AvgIpc) is 3.58. The van der Waals surface area contributed by atoms with E-state index in [1.54, 1.807) is 41.2 Å². The van der Waals surface area contributed by atoms with E-state index in [1.165, 1.54) is 24.5 Å². The lowest BCUT2D eigenvalue weighted by atomic mass is 10.1. The van der Waals surface area contributed by atoms with Crippen molar-refractivity contribution in [3.05, 3.63) is 99.7 Å². The number of nitrogens with one attached hydrogen (secondary N) is 2. The molecule has 0 saturated heterocycles. The van der Waals surface area contributed by atoms with Gasteiger partial charge in [0.15, 0.2) is 5.11 Å². The molecule has 208 valence electrons. The Hall–Kier alpha value is -3.98. The number of benzene rings is 3. The first-order valence-electron chi connectivity index (χ1n) is 13.1. The van der Waals surface area contributed by atoms with E-state index in [9.17, 15) is 4.79 Å². The first-order valence-corrected chi connectivity index (χ1v) is 14.3. The van der Waals surface area contributed by atoms with E-state index in [2.05, 4.69) is 39.9 Å². The van der Waals surface area contributed by atoms with Crippen molar-refractivity contribution in [3.8, 4) is 17.0 Å². The third-order valence-electron chi connectivity index (χ3n) is 6.37. The van der Waals surface area contributed by atoms with Crippen LogP contribution in [0.15, 0.2) is 77.2 Å². The molecule has 0 saturated carbocycles. The molecule has 41 heavy (non-hydrogen) atoms. The van der Waals surface area contributed by atoms with Crippen molar-refractivity contribution in [2.24, 2.45) is 0 Å². The highest BCUT2D eigenvalue weighted by molar-refractivity contribution is 7.80. The van der Waals surface area contributed by atoms with Crippen LogP contribution in [0.1, 0.15) is 36.7 Å². The predicted molar refractivity (Wildman–Crippen MR) is 170 cm³/mol. The number of carbonyl (C=O) groups excluding carboxylic acids is 1. The summed E-state index contributed by atoms with van der Waals surface area (Å²) in [4.78, 5) is 14.1. The van der Waals surface area contributed by atoms with Gasteiger partial charge in [-0.25, -0.2) is 0 Å². The van der Waals surface area contributed by atoms with Gasteiger partial charge in [-0.2, -0.15) is 4.80 Å². The van der Waals surface area contributed by atoms with E-state index < -0.39 is 5.91 Å². The maximum absolute atomic E-state index is 12.5. The molecule has 3 aromatic carbocycles. The molecule has 0 radical (unpaired) electrons. The van der Waals surface area contributed by atoms with Crippen LogP contribution in [-0.2, 0) is 11.2 Å². The molecule has 2 N–H and O–H groups in total. The molecule has 10 heteroatoms. The van der Waals surface area contributed by atoms with Gasteiger partial charge in [-0.15, -0.1) is 10.2 Å². The second kappa shape index (κ2) is 12.7. The lowest BCUT2D eigenvalue weighted by Crippen LogP contribution is -2.33. The Bertz CT molecular complexity index is 1740. The standard InChI is InChI=1S/C31H27Cl2N5O2S/c1-3-4-5-20-6-8-24(9-7-20)38-36-27-14-19(2)26(18-28(27)37-38)34-31(41)35-30(39)13-11-25-10-12-29(40-25)21-15-22(32)17-23(33)16-21/h6-18H,3-5H2,1-2H3,(H2,34,35,39,41)/b13-11+. The van der Waals surface area contributed by atoms with Gasteiger partial charge in [0.2, 0.25) is 5.91 Å². The highest BCUT2D eigenvalue weighted by Crippen LogP contribution is 2.29. The zero-order valence-corrected chi connectivity index (χ0v) is 24.8. The largest absolute Gasteiger partial charge is 0.457 e. The minimum atomic E-state index is -0.404. The molecule has 1 amide bonds. The Labute approximate surface area is 253 Å². The van der Waals surface area contributed by atoms with Gasteiger partial charge in [-0.3, -0.25) is 10.1 Å². The molecular weight excluding hydrogens is 577 g/mol. The number of unbranched alkanes of at least 4 members (excludes halogenated alkanes) is 1. The Kier molecular flexibility index (Phi) is 8.83. The molecule has 0 aliphatic heterocycles. The van der Waals surface area contributed by atoms with Crippen LogP contribution in [0.25, 0.3) is 34.1 Å². The summed E-state index contributed by atoms with van der Waals surface area (Å²) in [6.45, 7) is 4.13. The SMILES string of the molecule is CCCCc1ccc(-n2nc3cc(C)c(NC(=S)NC(=O)/C=C/c4ccc(-c5cc(Cl)cc(Cl)c5)o4)cc3n2)cc1. The molecule has 2 heterocycles. The van der Waals surface area contributed by atoms with Crippen LogP contribution in [-0.4, -0.2) is 26.0 Å². The molecule has 2 aromatic heterocycles. The topological polar surface area (TPSA) is 85.0 Å². The molecule has 0 atom stereocenters. The summed E-state index contributed by atoms with van der Waals surface area (Å²) >= 11 is 17.5. The number of carbonyl (C=O) groups is 1. The molecule has 0 unspecified atom stereocenters. The Balaban J connectivity index is 1.21. The predicted octanol–water partition coefficient (Wildman–Crippen LogP) is 8.16. The van der Waals surface area contributed by atoms with Gasteiger partial charge in [-0.1, -0.05) is 48.7 Å². The van der Waals surface area contributed by atoms with Crippen LogP contribution >= 0.6 is 35.4 Å². The number of nitrogens with zero attached hydrogens (tertiary/aromatic N) is 3. The van der Waals surface area contributed by atoms with Gasteiger partial charge in [0, 0.05) is 27.4 Å². The molecule has 0 aliphatic carbocycles. The Morgan fingerprint density at radius 1 is 1.00 bits per heavy atom. The molecule has 0 bridgehead atoms. The van der Waals surface area contributed by atoms with E-state index >= 15 is 0 Å². The summed E-state index contributed by atoms with van der Waals surface area (Å²) in [6.07, 6.45) is 6.30. The van der Waals surface area contributed by atoms with Crippen LogP contribution in [0.5, 0.6) is 0 Å². The molecule has 0 spiro atoms. The minimum absolute atomic E-state index is 0.158. The summed E-state index contributed by atoms with van der Waals surface area (Å²) in [6, 6.07) is 20.8. The van der Waals surface area contributed by atoms with Crippen LogP contribution in [0.3, 0.4) is 0 Å². The maximum Gasteiger partial charge on any atom is 0.250 e. The number of halogens is 2. The number of rotatable bonds is 8. The smallest absolute Gasteiger partial charge is 0.250 e. The zero-order valence-electron chi connectivity index (χ0n) is 22.4. The van der Waals surface area contributed by atoms with Gasteiger partial charge in [0.05, 0.1) is 5.69 Å². The lowest BCUT2D eigenvalue weighted by Gasteiger charge is -2.10. The zero-order chi connectivity index (χ0) is 28.9. The van der Waals surface area contributed by atoms with E-state index in [4.69, 9.17) is 39.8 Å². The van der Waals surface area contributed by atoms with Gasteiger partial charge in [0.25, 0.3) is 0 Å². The molecule has 0 fully saturated rings. The fourth-order valence-corrected chi connectivity index (χ4v) is 4.99. The average molecular weight is 605 g/mol. The first-order chi connectivity index (χ1) is 19.8. The fourth-order valence-electron chi connectivity index (χ4n) is 4.25. The van der Waals surface area contributed by atoms with Crippen LogP contribution in [0, 0.1) is 6.92 Å². The summed E-state index contributed by atoms with van der Waals surface area (Å²) in [5, 5.41) is 16.2. The van der Waals surface area contributed by atoms with Crippen molar-refractivity contribution >= 4 is 69.2 Å². The number of amides is 1. The molecule has 7 nitrogen and oxygen atoms in total. The van der Waals surface area contributed by atoms with Crippen LogP contribution < -0.4 is 10.6 Å². The van der Waals surface area contributed by atoms with E-state index in [0.29, 0.717) is 27.1 Å². The van der Waals surface area contributed by atoms with Crippen molar-refractivity contribution in [2.75, 3.05) is 5.32 Å². The van der Waals surface area contributed by atoms with Crippen LogP contribution in [0.2, 0.25) is 10.0 Å². The van der Waals surface area contributed by atoms with Gasteiger partial charge >= 0.3 is 0 Å². The lowest BCUT2D eigenvalue weighted by molar-refractivity contribution is -0.115. The molecule has 0 aliphatic rings. The Morgan fingerprint density at radius 2 is 1.71 bits per heavy atom. The summed E-state index contributed by atoms with van der Waals surface area (Å²) in [5.74, 6) is 0.668. The van der Waals surface area contributed by atoms with Crippen molar-refractivity contribution in [1.29, 1.82) is 0 Å². The van der Waals surface area contributed by atoms with E-state index in [1.807, 2.05) is 31.2 Å². The fraction of sp³-hybridized carbons (Fsp3) is 0.161. The third-order valence-corrected chi connectivity index (χ3v) is 7.01. The molecular formula is C31H27Cl2N5O2S. The number of fused-ring (bicyclic) bond motifs is 1. The quantitative estimate of drug-likeness (QED) is 0.137. The summed E-state index contributed by atoms with van der Waals surface area (Å²) < 4.78 is 5.80. The normalized spacial score (nSPS) is 11.3. The van der Waals surface area contributed by atoms with Crippen molar-refractivity contribution in [3.63, 3.8) is 0 Å².